The Morgan fingerprint density at radius 3 is 2.22 bits per heavy atom. The molecule has 1 atom stereocenters. The van der Waals surface area contributed by atoms with Gasteiger partial charge in [0.1, 0.15) is 6.17 Å². The molecule has 0 aliphatic carbocycles. The number of alkyl halides is 3. The van der Waals surface area contributed by atoms with Crippen LogP contribution < -0.4 is 10.6 Å². The molecule has 0 radical (unpaired) electrons. The van der Waals surface area contributed by atoms with Crippen molar-refractivity contribution >= 4 is 81.2 Å². The predicted octanol–water partition coefficient (Wildman–Crippen LogP) is 5.78. The number of rotatable bonds is 4. The Kier molecular flexibility index (Phi) is 6.22. The number of anilines is 1. The lowest BCUT2D eigenvalue weighted by molar-refractivity contribution is 0.0914. The van der Waals surface area contributed by atoms with Crippen molar-refractivity contribution in [3.8, 4) is 0 Å². The topological polar surface area (TPSA) is 54.3 Å². The lowest BCUT2D eigenvalue weighted by Crippen LogP contribution is -2.49. The van der Waals surface area contributed by atoms with Gasteiger partial charge >= 0.3 is 0 Å². The van der Waals surface area contributed by atoms with E-state index in [1.54, 1.807) is 6.07 Å². The lowest BCUT2D eigenvalue weighted by atomic mass is 10.3. The van der Waals surface area contributed by atoms with Crippen LogP contribution in [0.15, 0.2) is 34.9 Å². The molecule has 2 N–H and O–H groups in total. The summed E-state index contributed by atoms with van der Waals surface area (Å²) in [7, 11) is 0. The minimum atomic E-state index is -1.89. The van der Waals surface area contributed by atoms with Gasteiger partial charge in [-0.15, -0.1) is 0 Å². The van der Waals surface area contributed by atoms with Gasteiger partial charge in [0.25, 0.3) is 5.91 Å². The molecule has 124 valence electrons. The monoisotopic (exact) mass is 434 g/mol. The van der Waals surface area contributed by atoms with E-state index in [1.165, 1.54) is 24.5 Å². The first-order valence-electron chi connectivity index (χ1n) is 6.00. The molecule has 1 heterocycles. The Balaban J connectivity index is 2.25. The molecule has 0 aliphatic rings. The molecular weight excluding hydrogens is 429 g/mol. The van der Waals surface area contributed by atoms with E-state index in [0.717, 1.165) is 0 Å². The third-order valence-electron chi connectivity index (χ3n) is 2.64. The molecule has 0 saturated carbocycles. The molecule has 2 aromatic rings. The highest BCUT2D eigenvalue weighted by atomic mass is 35.6. The molecule has 0 unspecified atom stereocenters. The Morgan fingerprint density at radius 1 is 1.13 bits per heavy atom. The summed E-state index contributed by atoms with van der Waals surface area (Å²) in [5, 5.41) is 6.02. The van der Waals surface area contributed by atoms with Gasteiger partial charge in [0, 0.05) is 5.02 Å². The first-order chi connectivity index (χ1) is 10.7. The molecule has 1 aromatic heterocycles. The highest BCUT2D eigenvalue weighted by molar-refractivity contribution is 6.68. The summed E-state index contributed by atoms with van der Waals surface area (Å²) < 4.78 is 3.09. The summed E-state index contributed by atoms with van der Waals surface area (Å²) in [5.74, 6) is -0.528. The zero-order valence-electron chi connectivity index (χ0n) is 11.0. The van der Waals surface area contributed by atoms with Gasteiger partial charge in [-0.1, -0.05) is 69.6 Å². The van der Waals surface area contributed by atoms with Crippen molar-refractivity contribution in [3.63, 3.8) is 0 Å². The van der Waals surface area contributed by atoms with E-state index in [-0.39, 0.29) is 21.5 Å². The molecule has 23 heavy (non-hydrogen) atoms. The van der Waals surface area contributed by atoms with Gasteiger partial charge in [-0.2, -0.15) is 0 Å². The van der Waals surface area contributed by atoms with Crippen molar-refractivity contribution in [1.29, 1.82) is 0 Å². The van der Waals surface area contributed by atoms with E-state index in [1.807, 2.05) is 0 Å². The molecular formula is C13H8Cl6N2O2. The van der Waals surface area contributed by atoms with E-state index < -0.39 is 15.9 Å². The number of nitrogens with one attached hydrogen (secondary N) is 2. The maximum absolute atomic E-state index is 12.1. The molecule has 0 saturated heterocycles. The second-order valence-electron chi connectivity index (χ2n) is 4.31. The molecule has 0 spiro atoms. The summed E-state index contributed by atoms with van der Waals surface area (Å²) in [6, 6.07) is 5.94. The van der Waals surface area contributed by atoms with Crippen LogP contribution >= 0.6 is 69.6 Å². The number of carbonyl (C=O) groups is 1. The number of furan rings is 1. The van der Waals surface area contributed by atoms with Gasteiger partial charge in [-0.3, -0.25) is 4.79 Å². The van der Waals surface area contributed by atoms with Gasteiger partial charge in [-0.25, -0.2) is 0 Å². The van der Waals surface area contributed by atoms with E-state index >= 15 is 0 Å². The highest BCUT2D eigenvalue weighted by Crippen LogP contribution is 2.37. The lowest BCUT2D eigenvalue weighted by Gasteiger charge is -2.28. The Labute approximate surface area is 161 Å². The van der Waals surface area contributed by atoms with Crippen molar-refractivity contribution < 1.29 is 9.21 Å². The van der Waals surface area contributed by atoms with Gasteiger partial charge in [0.05, 0.1) is 22.0 Å². The minimum Gasteiger partial charge on any atom is -0.459 e. The molecule has 2 rings (SSSR count). The van der Waals surface area contributed by atoms with Crippen LogP contribution in [0.1, 0.15) is 10.6 Å². The molecule has 0 aliphatic heterocycles. The van der Waals surface area contributed by atoms with Crippen molar-refractivity contribution in [3.05, 3.63) is 51.4 Å². The summed E-state index contributed by atoms with van der Waals surface area (Å²) in [6.07, 6.45) is 0.209. The zero-order chi connectivity index (χ0) is 17.2. The summed E-state index contributed by atoms with van der Waals surface area (Å²) >= 11 is 35.7. The Bertz CT molecular complexity index is 676. The molecule has 4 nitrogen and oxygen atoms in total. The second kappa shape index (κ2) is 7.60. The quantitative estimate of drug-likeness (QED) is 0.472. The summed E-state index contributed by atoms with van der Waals surface area (Å²) in [4.78, 5) is 12.1. The van der Waals surface area contributed by atoms with E-state index in [2.05, 4.69) is 10.6 Å². The van der Waals surface area contributed by atoms with Crippen LogP contribution in [-0.4, -0.2) is 15.9 Å². The largest absolute Gasteiger partial charge is 0.459 e. The van der Waals surface area contributed by atoms with E-state index in [4.69, 9.17) is 74.0 Å². The second-order valence-corrected chi connectivity index (χ2v) is 7.93. The number of hydrogen-bond acceptors (Lipinski definition) is 3. The van der Waals surface area contributed by atoms with Gasteiger partial charge in [-0.05, 0) is 24.3 Å². The average Bonchev–Trinajstić information content (AvgIpc) is 2.93. The summed E-state index contributed by atoms with van der Waals surface area (Å²) in [5.41, 5.74) is 0.258. The maximum Gasteiger partial charge on any atom is 0.288 e. The SMILES string of the molecule is O=C(N[C@H](Nc1c(Cl)cc(Cl)cc1Cl)C(Cl)(Cl)Cl)c1ccco1. The number of hydrogen-bond donors (Lipinski definition) is 2. The van der Waals surface area contributed by atoms with Crippen LogP contribution in [0.3, 0.4) is 0 Å². The molecule has 1 amide bonds. The number of benzene rings is 1. The zero-order valence-corrected chi connectivity index (χ0v) is 15.6. The highest BCUT2D eigenvalue weighted by Gasteiger charge is 2.35. The van der Waals surface area contributed by atoms with Gasteiger partial charge in [0.15, 0.2) is 5.76 Å². The maximum atomic E-state index is 12.1. The normalized spacial score (nSPS) is 12.8. The Hall–Kier alpha value is -0.490. The predicted molar refractivity (Wildman–Crippen MR) is 95.3 cm³/mol. The smallest absolute Gasteiger partial charge is 0.288 e. The molecule has 10 heteroatoms. The fraction of sp³-hybridized carbons (Fsp3) is 0.154. The van der Waals surface area contributed by atoms with Crippen molar-refractivity contribution in [1.82, 2.24) is 5.32 Å². The number of carbonyl (C=O) groups excluding carboxylic acids is 1. The van der Waals surface area contributed by atoms with Crippen molar-refractivity contribution in [2.45, 2.75) is 9.96 Å². The van der Waals surface area contributed by atoms with Crippen molar-refractivity contribution in [2.75, 3.05) is 5.32 Å². The van der Waals surface area contributed by atoms with Crippen molar-refractivity contribution in [2.24, 2.45) is 0 Å². The van der Waals surface area contributed by atoms with Gasteiger partial charge < -0.3 is 15.1 Å². The molecule has 0 fully saturated rings. The first-order valence-corrected chi connectivity index (χ1v) is 8.27. The first kappa shape index (κ1) is 18.8. The average molecular weight is 437 g/mol. The standard InChI is InChI=1S/C13H8Cl6N2O2/c14-6-4-7(15)10(8(16)5-6)20-12(13(17,18)19)21-11(22)9-2-1-3-23-9/h1-5,12,20H,(H,21,22)/t12-/m0/s1. The third kappa shape index (κ3) is 4.99. The number of halogens is 6. The molecule has 1 aromatic carbocycles. The minimum absolute atomic E-state index is 0.0550. The Morgan fingerprint density at radius 2 is 1.74 bits per heavy atom. The van der Waals surface area contributed by atoms with E-state index in [9.17, 15) is 4.79 Å². The van der Waals surface area contributed by atoms with Gasteiger partial charge in [0.2, 0.25) is 3.79 Å². The molecule has 0 bridgehead atoms. The van der Waals surface area contributed by atoms with Crippen LogP contribution in [0.5, 0.6) is 0 Å². The summed E-state index contributed by atoms with van der Waals surface area (Å²) in [6.45, 7) is 0. The van der Waals surface area contributed by atoms with Crippen LogP contribution in [0.25, 0.3) is 0 Å². The van der Waals surface area contributed by atoms with Crippen LogP contribution in [0.4, 0.5) is 5.69 Å². The third-order valence-corrected chi connectivity index (χ3v) is 4.11. The van der Waals surface area contributed by atoms with E-state index in [0.29, 0.717) is 5.02 Å². The number of amides is 1. The van der Waals surface area contributed by atoms with Crippen LogP contribution in [0.2, 0.25) is 15.1 Å². The fourth-order valence-corrected chi connectivity index (χ4v) is 2.89. The van der Waals surface area contributed by atoms with Crippen LogP contribution in [-0.2, 0) is 0 Å². The van der Waals surface area contributed by atoms with Crippen LogP contribution in [0, 0.1) is 0 Å². The fourth-order valence-electron chi connectivity index (χ4n) is 1.63.